The third-order valence-corrected chi connectivity index (χ3v) is 3.22. The summed E-state index contributed by atoms with van der Waals surface area (Å²) >= 11 is 0. The van der Waals surface area contributed by atoms with E-state index in [4.69, 9.17) is 0 Å². The van der Waals surface area contributed by atoms with Gasteiger partial charge in [0.25, 0.3) is 0 Å². The summed E-state index contributed by atoms with van der Waals surface area (Å²) in [6, 6.07) is 8.79. The number of benzene rings is 1. The van der Waals surface area contributed by atoms with E-state index in [1.165, 1.54) is 5.39 Å². The minimum atomic E-state index is 0.504. The van der Waals surface area contributed by atoms with E-state index < -0.39 is 0 Å². The molecule has 1 aliphatic heterocycles. The predicted molar refractivity (Wildman–Crippen MR) is 69.2 cm³/mol. The molecule has 4 nitrogen and oxygen atoms in total. The first-order chi connectivity index (χ1) is 8.34. The second-order valence-electron chi connectivity index (χ2n) is 4.56. The van der Waals surface area contributed by atoms with Crippen LogP contribution in [-0.4, -0.2) is 35.9 Å². The Bertz CT molecular complexity index is 520. The van der Waals surface area contributed by atoms with Gasteiger partial charge in [-0.2, -0.15) is 5.10 Å². The van der Waals surface area contributed by atoms with E-state index in [1.807, 2.05) is 12.3 Å². The molecular weight excluding hydrogens is 212 g/mol. The number of hydrogen-bond donors (Lipinski definition) is 1. The van der Waals surface area contributed by atoms with Crippen LogP contribution < -0.4 is 10.2 Å². The summed E-state index contributed by atoms with van der Waals surface area (Å²) in [6.07, 6.45) is 1.82. The van der Waals surface area contributed by atoms with Crippen molar-refractivity contribution in [2.45, 2.75) is 13.0 Å². The van der Waals surface area contributed by atoms with Gasteiger partial charge in [0.05, 0.1) is 6.20 Å². The fraction of sp³-hybridized carbons (Fsp3) is 0.385. The third-order valence-electron chi connectivity index (χ3n) is 3.22. The number of fused-ring (bicyclic) bond motifs is 1. The number of anilines is 1. The van der Waals surface area contributed by atoms with Crippen LogP contribution in [0.2, 0.25) is 0 Å². The molecule has 3 rings (SSSR count). The molecule has 17 heavy (non-hydrogen) atoms. The number of nitrogens with zero attached hydrogens (tertiary/aromatic N) is 3. The van der Waals surface area contributed by atoms with E-state index in [0.29, 0.717) is 6.04 Å². The van der Waals surface area contributed by atoms with Crippen LogP contribution in [0.3, 0.4) is 0 Å². The van der Waals surface area contributed by atoms with Gasteiger partial charge in [0, 0.05) is 36.4 Å². The van der Waals surface area contributed by atoms with Gasteiger partial charge in [0.2, 0.25) is 0 Å². The molecule has 0 saturated carbocycles. The summed E-state index contributed by atoms with van der Waals surface area (Å²) < 4.78 is 0. The van der Waals surface area contributed by atoms with Gasteiger partial charge in [0.15, 0.2) is 5.82 Å². The lowest BCUT2D eigenvalue weighted by Gasteiger charge is -2.32. The largest absolute Gasteiger partial charge is 0.352 e. The third kappa shape index (κ3) is 1.96. The molecule has 0 aliphatic carbocycles. The number of aromatic nitrogens is 2. The summed E-state index contributed by atoms with van der Waals surface area (Å²) in [5.74, 6) is 1.01. The zero-order valence-electron chi connectivity index (χ0n) is 9.93. The number of piperazine rings is 1. The van der Waals surface area contributed by atoms with Gasteiger partial charge in [-0.25, -0.2) is 0 Å². The van der Waals surface area contributed by atoms with Crippen molar-refractivity contribution in [1.29, 1.82) is 0 Å². The van der Waals surface area contributed by atoms with Gasteiger partial charge in [-0.3, -0.25) is 0 Å². The van der Waals surface area contributed by atoms with Crippen LogP contribution in [0.15, 0.2) is 30.5 Å². The molecule has 4 heteroatoms. The first kappa shape index (κ1) is 10.5. The average molecular weight is 228 g/mol. The molecule has 1 aromatic carbocycles. The Morgan fingerprint density at radius 3 is 3.12 bits per heavy atom. The summed E-state index contributed by atoms with van der Waals surface area (Å²) in [5, 5.41) is 14.2. The normalized spacial score (nSPS) is 20.8. The maximum Gasteiger partial charge on any atom is 0.159 e. The Morgan fingerprint density at radius 2 is 2.24 bits per heavy atom. The lowest BCUT2D eigenvalue weighted by Crippen LogP contribution is -2.49. The quantitative estimate of drug-likeness (QED) is 0.801. The second-order valence-corrected chi connectivity index (χ2v) is 4.56. The van der Waals surface area contributed by atoms with Crippen molar-refractivity contribution in [1.82, 2.24) is 15.5 Å². The Labute approximate surface area is 101 Å². The highest BCUT2D eigenvalue weighted by atomic mass is 15.3. The summed E-state index contributed by atoms with van der Waals surface area (Å²) in [4.78, 5) is 2.32. The minimum Gasteiger partial charge on any atom is -0.352 e. The Morgan fingerprint density at radius 1 is 1.35 bits per heavy atom. The summed E-state index contributed by atoms with van der Waals surface area (Å²) in [6.45, 7) is 5.19. The van der Waals surface area contributed by atoms with Crippen molar-refractivity contribution in [2.75, 3.05) is 24.5 Å². The van der Waals surface area contributed by atoms with Gasteiger partial charge in [-0.15, -0.1) is 5.10 Å². The van der Waals surface area contributed by atoms with Crippen LogP contribution in [0.25, 0.3) is 10.8 Å². The highest BCUT2D eigenvalue weighted by Crippen LogP contribution is 2.23. The highest BCUT2D eigenvalue weighted by Gasteiger charge is 2.18. The Balaban J connectivity index is 2.04. The summed E-state index contributed by atoms with van der Waals surface area (Å²) in [7, 11) is 0. The molecule has 1 unspecified atom stereocenters. The van der Waals surface area contributed by atoms with E-state index in [0.717, 1.165) is 30.8 Å². The fourth-order valence-corrected chi connectivity index (χ4v) is 2.37. The molecule has 1 aromatic heterocycles. The fourth-order valence-electron chi connectivity index (χ4n) is 2.37. The lowest BCUT2D eigenvalue weighted by molar-refractivity contribution is 0.482. The zero-order valence-corrected chi connectivity index (χ0v) is 9.93. The molecule has 0 amide bonds. The summed E-state index contributed by atoms with van der Waals surface area (Å²) in [5.41, 5.74) is 0. The molecule has 1 N–H and O–H groups in total. The van der Waals surface area contributed by atoms with Crippen molar-refractivity contribution >= 4 is 16.6 Å². The number of nitrogens with one attached hydrogen (secondary N) is 1. The van der Waals surface area contributed by atoms with Gasteiger partial charge >= 0.3 is 0 Å². The molecule has 1 atom stereocenters. The van der Waals surface area contributed by atoms with Crippen LogP contribution in [0.1, 0.15) is 6.92 Å². The van der Waals surface area contributed by atoms with Crippen LogP contribution in [0.5, 0.6) is 0 Å². The van der Waals surface area contributed by atoms with Crippen LogP contribution >= 0.6 is 0 Å². The average Bonchev–Trinajstić information content (AvgIpc) is 2.38. The maximum atomic E-state index is 4.31. The van der Waals surface area contributed by atoms with Crippen molar-refractivity contribution in [3.05, 3.63) is 30.5 Å². The molecule has 0 bridgehead atoms. The lowest BCUT2D eigenvalue weighted by atomic mass is 10.1. The highest BCUT2D eigenvalue weighted by molar-refractivity contribution is 5.91. The SMILES string of the molecule is CC1CN(c2nncc3ccccc23)CCN1. The van der Waals surface area contributed by atoms with E-state index in [2.05, 4.69) is 45.5 Å². The zero-order chi connectivity index (χ0) is 11.7. The molecule has 1 saturated heterocycles. The van der Waals surface area contributed by atoms with Gasteiger partial charge < -0.3 is 10.2 Å². The first-order valence-corrected chi connectivity index (χ1v) is 6.03. The first-order valence-electron chi connectivity index (χ1n) is 6.03. The van der Waals surface area contributed by atoms with E-state index in [9.17, 15) is 0 Å². The van der Waals surface area contributed by atoms with Crippen LogP contribution in [-0.2, 0) is 0 Å². The Kier molecular flexibility index (Phi) is 2.65. The minimum absolute atomic E-state index is 0.504. The van der Waals surface area contributed by atoms with Crippen molar-refractivity contribution in [2.24, 2.45) is 0 Å². The molecule has 0 radical (unpaired) electrons. The molecule has 2 heterocycles. The van der Waals surface area contributed by atoms with Gasteiger partial charge in [0.1, 0.15) is 0 Å². The standard InChI is InChI=1S/C13H16N4/c1-10-9-17(7-6-14-10)13-12-5-3-2-4-11(12)8-15-16-13/h2-5,8,10,14H,6-7,9H2,1H3. The van der Waals surface area contributed by atoms with Crippen molar-refractivity contribution < 1.29 is 0 Å². The van der Waals surface area contributed by atoms with Crippen LogP contribution in [0.4, 0.5) is 5.82 Å². The van der Waals surface area contributed by atoms with Crippen molar-refractivity contribution in [3.63, 3.8) is 0 Å². The van der Waals surface area contributed by atoms with Gasteiger partial charge in [-0.05, 0) is 6.92 Å². The number of hydrogen-bond acceptors (Lipinski definition) is 4. The molecule has 0 spiro atoms. The topological polar surface area (TPSA) is 41.1 Å². The smallest absolute Gasteiger partial charge is 0.159 e. The Hall–Kier alpha value is -1.68. The van der Waals surface area contributed by atoms with Crippen LogP contribution in [0, 0.1) is 0 Å². The van der Waals surface area contributed by atoms with E-state index in [-0.39, 0.29) is 0 Å². The monoisotopic (exact) mass is 228 g/mol. The molecule has 1 fully saturated rings. The molecule has 2 aromatic rings. The maximum absolute atomic E-state index is 4.31. The van der Waals surface area contributed by atoms with Crippen molar-refractivity contribution in [3.8, 4) is 0 Å². The number of rotatable bonds is 1. The molecule has 1 aliphatic rings. The predicted octanol–water partition coefficient (Wildman–Crippen LogP) is 1.43. The second kappa shape index (κ2) is 4.30. The van der Waals surface area contributed by atoms with Gasteiger partial charge in [-0.1, -0.05) is 24.3 Å². The molecular formula is C13H16N4. The molecule has 88 valence electrons. The van der Waals surface area contributed by atoms with E-state index in [1.54, 1.807) is 0 Å². The van der Waals surface area contributed by atoms with E-state index >= 15 is 0 Å².